The third-order valence-corrected chi connectivity index (χ3v) is 1.67. The van der Waals surface area contributed by atoms with Crippen molar-refractivity contribution in [1.82, 2.24) is 0 Å². The predicted octanol–water partition coefficient (Wildman–Crippen LogP) is 3.43. The molecule has 0 bridgehead atoms. The summed E-state index contributed by atoms with van der Waals surface area (Å²) in [4.78, 5) is 0. The van der Waals surface area contributed by atoms with Gasteiger partial charge >= 0.3 is 0 Å². The summed E-state index contributed by atoms with van der Waals surface area (Å²) in [5.74, 6) is 0. The molecule has 0 unspecified atom stereocenters. The molecule has 0 fully saturated rings. The Labute approximate surface area is 69.3 Å². The highest BCUT2D eigenvalue weighted by Crippen LogP contribution is 2.02. The van der Waals surface area contributed by atoms with Crippen LogP contribution in [0.1, 0.15) is 25.7 Å². The molecule has 1 aliphatic rings. The average molecular weight is 147 g/mol. The molecule has 0 saturated heterocycles. The predicted molar refractivity (Wildman–Crippen MR) is 50.2 cm³/mol. The minimum absolute atomic E-state index is 1.06. The maximum absolute atomic E-state index is 2.24. The van der Waals surface area contributed by atoms with Gasteiger partial charge in [-0.2, -0.15) is 0 Å². The second-order valence-corrected chi connectivity index (χ2v) is 2.69. The largest absolute Gasteiger partial charge is 0.0845 e. The van der Waals surface area contributed by atoms with Gasteiger partial charge in [0.15, 0.2) is 0 Å². The minimum atomic E-state index is 1.06. The highest BCUT2D eigenvalue weighted by Gasteiger charge is 1.83. The van der Waals surface area contributed by atoms with Gasteiger partial charge in [-0.25, -0.2) is 0 Å². The van der Waals surface area contributed by atoms with Gasteiger partial charge in [-0.3, -0.25) is 0 Å². The molecule has 11 heavy (non-hydrogen) atoms. The fourth-order valence-electron chi connectivity index (χ4n) is 1.04. The third-order valence-electron chi connectivity index (χ3n) is 1.67. The van der Waals surface area contributed by atoms with Crippen molar-refractivity contribution in [1.29, 1.82) is 0 Å². The molecule has 0 aliphatic heterocycles. The molecule has 0 heteroatoms. The van der Waals surface area contributed by atoms with Crippen LogP contribution >= 0.6 is 0 Å². The maximum atomic E-state index is 2.24. The molecule has 0 aromatic carbocycles. The lowest BCUT2D eigenvalue weighted by atomic mass is 10.2. The Kier molecular flexibility index (Phi) is 4.51. The zero-order chi connectivity index (χ0) is 7.78. The molecular weight excluding hydrogens is 132 g/mol. The zero-order valence-corrected chi connectivity index (χ0v) is 6.87. The van der Waals surface area contributed by atoms with E-state index in [1.165, 1.54) is 19.3 Å². The average Bonchev–Trinajstić information content (AvgIpc) is 2.08. The van der Waals surface area contributed by atoms with Gasteiger partial charge in [0.25, 0.3) is 0 Å². The van der Waals surface area contributed by atoms with Crippen LogP contribution in [-0.2, 0) is 0 Å². The van der Waals surface area contributed by atoms with E-state index in [-0.39, 0.29) is 0 Å². The fraction of sp³-hybridized carbons (Fsp3) is 0.364. The lowest BCUT2D eigenvalue weighted by molar-refractivity contribution is 0.843. The van der Waals surface area contributed by atoms with Crippen molar-refractivity contribution in [2.75, 3.05) is 0 Å². The normalized spacial score (nSPS) is 28.4. The number of hydrogen-bond acceptors (Lipinski definition) is 0. The van der Waals surface area contributed by atoms with E-state index in [0.717, 1.165) is 6.42 Å². The molecule has 0 N–H and O–H groups in total. The van der Waals surface area contributed by atoms with E-state index in [9.17, 15) is 0 Å². The monoisotopic (exact) mass is 147 g/mol. The van der Waals surface area contributed by atoms with Crippen LogP contribution in [0.25, 0.3) is 0 Å². The van der Waals surface area contributed by atoms with Crippen LogP contribution in [0.15, 0.2) is 36.5 Å². The Bertz CT molecular complexity index is 161. The van der Waals surface area contributed by atoms with Crippen LogP contribution in [0.3, 0.4) is 0 Å². The van der Waals surface area contributed by atoms with Crippen LogP contribution in [0, 0.1) is 6.42 Å². The van der Waals surface area contributed by atoms with Crippen molar-refractivity contribution in [2.24, 2.45) is 0 Å². The van der Waals surface area contributed by atoms with Crippen molar-refractivity contribution in [3.05, 3.63) is 42.9 Å². The molecule has 0 amide bonds. The lowest BCUT2D eigenvalue weighted by Crippen LogP contribution is -1.72. The Morgan fingerprint density at radius 3 is 2.55 bits per heavy atom. The molecule has 0 heterocycles. The first-order valence-electron chi connectivity index (χ1n) is 4.30. The zero-order valence-electron chi connectivity index (χ0n) is 6.87. The Morgan fingerprint density at radius 2 is 1.55 bits per heavy atom. The lowest BCUT2D eigenvalue weighted by Gasteiger charge is -1.90. The van der Waals surface area contributed by atoms with Gasteiger partial charge in [-0.1, -0.05) is 36.5 Å². The van der Waals surface area contributed by atoms with E-state index < -0.39 is 0 Å². The topological polar surface area (TPSA) is 0 Å². The van der Waals surface area contributed by atoms with E-state index in [2.05, 4.69) is 42.9 Å². The van der Waals surface area contributed by atoms with E-state index in [1.807, 2.05) is 0 Å². The van der Waals surface area contributed by atoms with Gasteiger partial charge in [0.1, 0.15) is 0 Å². The summed E-state index contributed by atoms with van der Waals surface area (Å²) in [5.41, 5.74) is 0. The van der Waals surface area contributed by atoms with Crippen molar-refractivity contribution in [3.8, 4) is 0 Å². The molecule has 0 aromatic heterocycles. The van der Waals surface area contributed by atoms with E-state index in [4.69, 9.17) is 0 Å². The van der Waals surface area contributed by atoms with Crippen LogP contribution in [0.2, 0.25) is 0 Å². The van der Waals surface area contributed by atoms with E-state index in [0.29, 0.717) is 0 Å². The van der Waals surface area contributed by atoms with Gasteiger partial charge in [-0.05, 0) is 32.1 Å². The van der Waals surface area contributed by atoms with Crippen LogP contribution < -0.4 is 0 Å². The minimum Gasteiger partial charge on any atom is -0.0845 e. The van der Waals surface area contributed by atoms with Gasteiger partial charge in [0.2, 0.25) is 0 Å². The summed E-state index contributed by atoms with van der Waals surface area (Å²) in [6.07, 6.45) is 20.0. The number of hydrogen-bond donors (Lipinski definition) is 0. The smallest absolute Gasteiger partial charge is 0.0166 e. The number of rotatable bonds is 0. The van der Waals surface area contributed by atoms with Gasteiger partial charge < -0.3 is 0 Å². The second-order valence-electron chi connectivity index (χ2n) is 2.69. The van der Waals surface area contributed by atoms with Crippen molar-refractivity contribution in [2.45, 2.75) is 25.7 Å². The van der Waals surface area contributed by atoms with Crippen molar-refractivity contribution >= 4 is 0 Å². The molecule has 1 aliphatic carbocycles. The number of allylic oxidation sites excluding steroid dienone is 6. The molecular formula is C11H15. The first kappa shape index (κ1) is 8.32. The highest BCUT2D eigenvalue weighted by molar-refractivity contribution is 5.07. The molecule has 0 aromatic rings. The Hall–Kier alpha value is -0.780. The molecule has 1 rings (SSSR count). The first-order valence-corrected chi connectivity index (χ1v) is 4.30. The SMILES string of the molecule is [CH]1/C=C/C/C=C\C=C/CCC1. The van der Waals surface area contributed by atoms with E-state index >= 15 is 0 Å². The summed E-state index contributed by atoms with van der Waals surface area (Å²) < 4.78 is 0. The fourth-order valence-corrected chi connectivity index (χ4v) is 1.04. The molecule has 0 spiro atoms. The van der Waals surface area contributed by atoms with Gasteiger partial charge in [0.05, 0.1) is 0 Å². The summed E-state index contributed by atoms with van der Waals surface area (Å²) in [5, 5.41) is 0. The van der Waals surface area contributed by atoms with Gasteiger partial charge in [0, 0.05) is 0 Å². The van der Waals surface area contributed by atoms with Crippen LogP contribution in [0.5, 0.6) is 0 Å². The maximum Gasteiger partial charge on any atom is -0.0166 e. The van der Waals surface area contributed by atoms with Crippen molar-refractivity contribution < 1.29 is 0 Å². The summed E-state index contributed by atoms with van der Waals surface area (Å²) in [7, 11) is 0. The van der Waals surface area contributed by atoms with Gasteiger partial charge in [-0.15, -0.1) is 0 Å². The highest BCUT2D eigenvalue weighted by atomic mass is 13.9. The summed E-state index contributed by atoms with van der Waals surface area (Å²) >= 11 is 0. The van der Waals surface area contributed by atoms with E-state index in [1.54, 1.807) is 0 Å². The Balaban J connectivity index is 2.35. The van der Waals surface area contributed by atoms with Crippen LogP contribution in [0.4, 0.5) is 0 Å². The standard InChI is InChI=1S/C11H15/c1-2-4-6-8-10-11-9-7-5-3-1/h1-4,7,9,11H,5-6,8,10H2/b3-1-,4-2-,9-7+. The summed E-state index contributed by atoms with van der Waals surface area (Å²) in [6, 6.07) is 0. The Morgan fingerprint density at radius 1 is 0.727 bits per heavy atom. The third kappa shape index (κ3) is 4.60. The van der Waals surface area contributed by atoms with Crippen LogP contribution in [-0.4, -0.2) is 0 Å². The molecule has 0 saturated carbocycles. The molecule has 1 radical (unpaired) electrons. The molecule has 59 valence electrons. The van der Waals surface area contributed by atoms with Crippen molar-refractivity contribution in [3.63, 3.8) is 0 Å². The molecule has 0 nitrogen and oxygen atoms in total. The quantitative estimate of drug-likeness (QED) is 0.492. The molecule has 0 atom stereocenters. The summed E-state index contributed by atoms with van der Waals surface area (Å²) in [6.45, 7) is 0. The first-order chi connectivity index (χ1) is 5.50. The second kappa shape index (κ2) is 5.96.